The molecular weight excluding hydrogens is 350 g/mol. The quantitative estimate of drug-likeness (QED) is 0.685. The van der Waals surface area contributed by atoms with Crippen LogP contribution in [0, 0.1) is 0 Å². The zero-order valence-corrected chi connectivity index (χ0v) is 17.0. The minimum absolute atomic E-state index is 0.145. The molecular formula is C22H29N5O. The van der Waals surface area contributed by atoms with Crippen molar-refractivity contribution in [3.63, 3.8) is 0 Å². The number of piperidine rings is 1. The summed E-state index contributed by atoms with van der Waals surface area (Å²) in [5.41, 5.74) is 1.91. The second kappa shape index (κ2) is 7.80. The largest absolute Gasteiger partial charge is 0.350 e. The number of carbonyl (C=O) groups is 1. The molecule has 0 unspecified atom stereocenters. The molecule has 3 heterocycles. The molecule has 0 bridgehead atoms. The highest BCUT2D eigenvalue weighted by atomic mass is 16.2. The highest BCUT2D eigenvalue weighted by molar-refractivity contribution is 6.07. The van der Waals surface area contributed by atoms with Gasteiger partial charge in [-0.25, -0.2) is 4.98 Å². The van der Waals surface area contributed by atoms with E-state index in [1.165, 1.54) is 5.82 Å². The smallest absolute Gasteiger partial charge is 0.256 e. The van der Waals surface area contributed by atoms with Crippen molar-refractivity contribution in [3.05, 3.63) is 54.2 Å². The fourth-order valence-electron chi connectivity index (χ4n) is 4.20. The molecule has 0 radical (unpaired) electrons. The molecule has 148 valence electrons. The van der Waals surface area contributed by atoms with Crippen molar-refractivity contribution in [2.75, 3.05) is 33.7 Å². The number of likely N-dealkylation sites (tertiary alicyclic amines) is 1. The number of rotatable bonds is 5. The topological polar surface area (TPSA) is 46.3 Å². The Balaban J connectivity index is 1.44. The van der Waals surface area contributed by atoms with E-state index < -0.39 is 0 Å². The maximum absolute atomic E-state index is 13.2. The third-order valence-electron chi connectivity index (χ3n) is 5.81. The number of likely N-dealkylation sites (N-methyl/N-ethyl adjacent to an activating group) is 1. The molecule has 1 aliphatic rings. The average Bonchev–Trinajstić information content (AvgIpc) is 3.31. The summed E-state index contributed by atoms with van der Waals surface area (Å²) >= 11 is 0. The van der Waals surface area contributed by atoms with Gasteiger partial charge in [-0.2, -0.15) is 0 Å². The van der Waals surface area contributed by atoms with Crippen molar-refractivity contribution in [2.24, 2.45) is 7.05 Å². The lowest BCUT2D eigenvalue weighted by molar-refractivity contribution is 0.0712. The third kappa shape index (κ3) is 3.56. The molecule has 6 nitrogen and oxygen atoms in total. The van der Waals surface area contributed by atoms with E-state index in [-0.39, 0.29) is 5.91 Å². The Hall–Kier alpha value is -2.60. The lowest BCUT2D eigenvalue weighted by Crippen LogP contribution is -2.38. The van der Waals surface area contributed by atoms with Gasteiger partial charge in [-0.3, -0.25) is 4.79 Å². The summed E-state index contributed by atoms with van der Waals surface area (Å²) in [6, 6.07) is 8.11. The van der Waals surface area contributed by atoms with E-state index in [2.05, 4.69) is 40.8 Å². The number of nitrogens with zero attached hydrogens (tertiary/aromatic N) is 5. The average molecular weight is 380 g/mol. The molecule has 2 aromatic heterocycles. The van der Waals surface area contributed by atoms with E-state index >= 15 is 0 Å². The molecule has 1 amide bonds. The molecule has 1 saturated heterocycles. The molecule has 28 heavy (non-hydrogen) atoms. The molecule has 6 heteroatoms. The van der Waals surface area contributed by atoms with Crippen LogP contribution >= 0.6 is 0 Å². The van der Waals surface area contributed by atoms with E-state index in [1.54, 1.807) is 0 Å². The van der Waals surface area contributed by atoms with Crippen LogP contribution in [0.2, 0.25) is 0 Å². The monoisotopic (exact) mass is 379 g/mol. The standard InChI is InChI=1S/C22H29N5O/c1-24(2)14-15-26-13-10-23-21(26)17-8-11-27(12-9-17)22(28)19-16-25(3)20-7-5-4-6-18(19)20/h4-7,10,13,16-17H,8-9,11-12,14-15H2,1-3H3. The summed E-state index contributed by atoms with van der Waals surface area (Å²) in [4.78, 5) is 22.0. The summed E-state index contributed by atoms with van der Waals surface area (Å²) in [6.45, 7) is 3.53. The second-order valence-corrected chi connectivity index (χ2v) is 8.02. The maximum Gasteiger partial charge on any atom is 0.256 e. The Morgan fingerprint density at radius 3 is 2.71 bits per heavy atom. The summed E-state index contributed by atoms with van der Waals surface area (Å²) in [5.74, 6) is 1.74. The van der Waals surface area contributed by atoms with Crippen LogP contribution in [0.15, 0.2) is 42.9 Å². The lowest BCUT2D eigenvalue weighted by Gasteiger charge is -2.32. The van der Waals surface area contributed by atoms with Crippen LogP contribution in [0.1, 0.15) is 34.9 Å². The number of imidazole rings is 1. The van der Waals surface area contributed by atoms with Gasteiger partial charge >= 0.3 is 0 Å². The van der Waals surface area contributed by atoms with Gasteiger partial charge in [0.05, 0.1) is 5.56 Å². The van der Waals surface area contributed by atoms with Gasteiger partial charge in [-0.15, -0.1) is 0 Å². The predicted octanol–water partition coefficient (Wildman–Crippen LogP) is 2.96. The zero-order valence-electron chi connectivity index (χ0n) is 17.0. The molecule has 0 aliphatic carbocycles. The third-order valence-corrected chi connectivity index (χ3v) is 5.81. The van der Waals surface area contributed by atoms with Crippen molar-refractivity contribution < 1.29 is 4.79 Å². The fraction of sp³-hybridized carbons (Fsp3) is 0.455. The van der Waals surface area contributed by atoms with Gasteiger partial charge in [0.15, 0.2) is 0 Å². The number of para-hydroxylation sites is 1. The maximum atomic E-state index is 13.2. The number of aromatic nitrogens is 3. The molecule has 0 spiro atoms. The molecule has 1 aliphatic heterocycles. The van der Waals surface area contributed by atoms with E-state index in [4.69, 9.17) is 0 Å². The van der Waals surface area contributed by atoms with Gasteiger partial charge in [0.2, 0.25) is 0 Å². The molecule has 3 aromatic rings. The van der Waals surface area contributed by atoms with Crippen LogP contribution in [0.5, 0.6) is 0 Å². The number of hydrogen-bond acceptors (Lipinski definition) is 3. The molecule has 4 rings (SSSR count). The first kappa shape index (κ1) is 18.7. The van der Waals surface area contributed by atoms with Gasteiger partial charge in [-0.05, 0) is 33.0 Å². The Labute approximate surface area is 166 Å². The van der Waals surface area contributed by atoms with Crippen LogP contribution < -0.4 is 0 Å². The normalized spacial score (nSPS) is 15.6. The summed E-state index contributed by atoms with van der Waals surface area (Å²) < 4.78 is 4.31. The molecule has 1 aromatic carbocycles. The number of carbonyl (C=O) groups excluding carboxylic acids is 1. The van der Waals surface area contributed by atoms with Crippen molar-refractivity contribution in [1.82, 2.24) is 23.9 Å². The van der Waals surface area contributed by atoms with Gasteiger partial charge in [0, 0.05) is 68.6 Å². The molecule has 1 fully saturated rings. The van der Waals surface area contributed by atoms with E-state index in [0.717, 1.165) is 55.5 Å². The van der Waals surface area contributed by atoms with Gasteiger partial charge < -0.3 is 18.9 Å². The summed E-state index contributed by atoms with van der Waals surface area (Å²) in [6.07, 6.45) is 7.88. The van der Waals surface area contributed by atoms with Gasteiger partial charge in [0.1, 0.15) is 5.82 Å². The first-order valence-electron chi connectivity index (χ1n) is 10.0. The van der Waals surface area contributed by atoms with Crippen LogP contribution in [-0.2, 0) is 13.6 Å². The number of fused-ring (bicyclic) bond motifs is 1. The molecule has 0 atom stereocenters. The number of amides is 1. The van der Waals surface area contributed by atoms with Crippen LogP contribution in [0.4, 0.5) is 0 Å². The lowest BCUT2D eigenvalue weighted by atomic mass is 9.95. The zero-order chi connectivity index (χ0) is 19.7. The van der Waals surface area contributed by atoms with Crippen molar-refractivity contribution in [3.8, 4) is 0 Å². The number of aryl methyl sites for hydroxylation is 1. The Morgan fingerprint density at radius 1 is 1.21 bits per heavy atom. The second-order valence-electron chi connectivity index (χ2n) is 8.02. The highest BCUT2D eigenvalue weighted by Gasteiger charge is 2.28. The van der Waals surface area contributed by atoms with Gasteiger partial charge in [-0.1, -0.05) is 18.2 Å². The van der Waals surface area contributed by atoms with Crippen LogP contribution in [0.25, 0.3) is 10.9 Å². The van der Waals surface area contributed by atoms with Crippen LogP contribution in [0.3, 0.4) is 0 Å². The van der Waals surface area contributed by atoms with E-state index in [9.17, 15) is 4.79 Å². The van der Waals surface area contributed by atoms with Crippen LogP contribution in [-0.4, -0.2) is 63.6 Å². The van der Waals surface area contributed by atoms with Crippen molar-refractivity contribution >= 4 is 16.8 Å². The molecule has 0 saturated carbocycles. The van der Waals surface area contributed by atoms with Crippen molar-refractivity contribution in [2.45, 2.75) is 25.3 Å². The Bertz CT molecular complexity index is 962. The van der Waals surface area contributed by atoms with Crippen molar-refractivity contribution in [1.29, 1.82) is 0 Å². The molecule has 0 N–H and O–H groups in total. The number of hydrogen-bond donors (Lipinski definition) is 0. The summed E-state index contributed by atoms with van der Waals surface area (Å²) in [7, 11) is 6.18. The minimum atomic E-state index is 0.145. The Kier molecular flexibility index (Phi) is 5.22. The highest BCUT2D eigenvalue weighted by Crippen LogP contribution is 2.29. The first-order valence-corrected chi connectivity index (χ1v) is 10.0. The fourth-order valence-corrected chi connectivity index (χ4v) is 4.20. The minimum Gasteiger partial charge on any atom is -0.350 e. The summed E-state index contributed by atoms with van der Waals surface area (Å²) in [5, 5.41) is 1.04. The number of benzene rings is 1. The van der Waals surface area contributed by atoms with E-state index in [0.29, 0.717) is 5.92 Å². The Morgan fingerprint density at radius 2 is 1.96 bits per heavy atom. The SMILES string of the molecule is CN(C)CCn1ccnc1C1CCN(C(=O)c2cn(C)c3ccccc23)CC1. The van der Waals surface area contributed by atoms with Gasteiger partial charge in [0.25, 0.3) is 5.91 Å². The first-order chi connectivity index (χ1) is 13.5. The van der Waals surface area contributed by atoms with E-state index in [1.807, 2.05) is 47.1 Å². The predicted molar refractivity (Wildman–Crippen MR) is 112 cm³/mol.